The molecule has 0 radical (unpaired) electrons. The van der Waals surface area contributed by atoms with Gasteiger partial charge in [-0.15, -0.1) is 9.24 Å². The molecule has 0 fully saturated rings. The van der Waals surface area contributed by atoms with E-state index in [4.69, 9.17) is 15.4 Å². The molecule has 0 saturated heterocycles. The van der Waals surface area contributed by atoms with Crippen molar-refractivity contribution in [3.05, 3.63) is 24.3 Å². The fourth-order valence-electron chi connectivity index (χ4n) is 0.997. The Morgan fingerprint density at radius 3 is 2.14 bits per heavy atom. The molecule has 0 saturated carbocycles. The van der Waals surface area contributed by atoms with Crippen LogP contribution in [0.3, 0.4) is 0 Å². The van der Waals surface area contributed by atoms with Crippen LogP contribution in [0.4, 0.5) is 0 Å². The highest BCUT2D eigenvalue weighted by atomic mass is 35.7. The lowest BCUT2D eigenvalue weighted by atomic mass is 10.3. The average Bonchev–Trinajstić information content (AvgIpc) is 2.02. The van der Waals surface area contributed by atoms with E-state index >= 15 is 0 Å². The lowest BCUT2D eigenvalue weighted by molar-refractivity contribution is -0.131. The summed E-state index contributed by atoms with van der Waals surface area (Å²) < 4.78 is 4.91. The molecule has 0 aliphatic carbocycles. The first-order chi connectivity index (χ1) is 6.39. The van der Waals surface area contributed by atoms with Crippen LogP contribution in [0.5, 0.6) is 5.75 Å². The Morgan fingerprint density at radius 2 is 1.79 bits per heavy atom. The summed E-state index contributed by atoms with van der Waals surface area (Å²) in [5, 5.41) is 0. The zero-order valence-corrected chi connectivity index (χ0v) is 9.98. The number of hydrogen-bond donors (Lipinski definition) is 0. The average molecular weight is 233 g/mol. The van der Waals surface area contributed by atoms with Crippen molar-refractivity contribution in [2.45, 2.75) is 11.8 Å². The molecule has 1 aromatic carbocycles. The predicted octanol–water partition coefficient (Wildman–Crippen LogP) is 3.19. The van der Waals surface area contributed by atoms with E-state index in [2.05, 4.69) is 0 Å². The van der Waals surface area contributed by atoms with Gasteiger partial charge in [-0.05, 0) is 36.8 Å². The highest BCUT2D eigenvalue weighted by molar-refractivity contribution is 8.50. The summed E-state index contributed by atoms with van der Waals surface area (Å²) in [7, 11) is 4.98. The topological polar surface area (TPSA) is 26.3 Å². The summed E-state index contributed by atoms with van der Waals surface area (Å²) in [5.74, 6) is 0.247. The Labute approximate surface area is 90.0 Å². The maximum absolute atomic E-state index is 10.7. The third-order valence-corrected chi connectivity index (χ3v) is 3.57. The van der Waals surface area contributed by atoms with E-state index in [-0.39, 0.29) is 5.97 Å². The molecule has 0 bridgehead atoms. The van der Waals surface area contributed by atoms with E-state index in [1.165, 1.54) is 6.92 Å². The van der Waals surface area contributed by atoms with Crippen molar-refractivity contribution < 1.29 is 9.53 Å². The van der Waals surface area contributed by atoms with E-state index in [9.17, 15) is 4.79 Å². The summed E-state index contributed by atoms with van der Waals surface area (Å²) in [4.78, 5) is 11.7. The van der Waals surface area contributed by atoms with E-state index in [1.807, 2.05) is 24.6 Å². The number of hydrogen-bond acceptors (Lipinski definition) is 2. The van der Waals surface area contributed by atoms with Gasteiger partial charge < -0.3 is 4.74 Å². The van der Waals surface area contributed by atoms with Crippen molar-refractivity contribution in [3.8, 4) is 5.75 Å². The molecule has 0 aromatic heterocycles. The molecule has 0 aliphatic rings. The lowest BCUT2D eigenvalue weighted by Crippen LogP contribution is -2.01. The van der Waals surface area contributed by atoms with Gasteiger partial charge in [-0.25, -0.2) is 0 Å². The number of esters is 1. The van der Waals surface area contributed by atoms with E-state index < -0.39 is 9.24 Å². The first-order valence-electron chi connectivity index (χ1n) is 4.11. The second-order valence-electron chi connectivity index (χ2n) is 3.27. The normalized spacial score (nSPS) is 12.3. The zero-order valence-electron chi connectivity index (χ0n) is 8.41. The Balaban J connectivity index is 2.84. The van der Waals surface area contributed by atoms with Crippen LogP contribution >= 0.6 is 19.9 Å². The maximum atomic E-state index is 10.7. The zero-order chi connectivity index (χ0) is 10.8. The van der Waals surface area contributed by atoms with Crippen LogP contribution in [0.1, 0.15) is 6.92 Å². The quantitative estimate of drug-likeness (QED) is 0.578. The van der Waals surface area contributed by atoms with Crippen molar-refractivity contribution in [1.82, 2.24) is 0 Å². The van der Waals surface area contributed by atoms with Gasteiger partial charge in [0, 0.05) is 11.8 Å². The van der Waals surface area contributed by atoms with Gasteiger partial charge in [0.25, 0.3) is 0 Å². The number of carbonyl (C=O) groups is 1. The first kappa shape index (κ1) is 11.4. The molecule has 78 valence electrons. The van der Waals surface area contributed by atoms with Crippen molar-refractivity contribution >= 4 is 25.9 Å². The number of halogens is 1. The molecule has 0 amide bonds. The van der Waals surface area contributed by atoms with Gasteiger partial charge in [-0.3, -0.25) is 4.79 Å². The number of ether oxygens (including phenoxy) is 1. The highest BCUT2D eigenvalue weighted by Crippen LogP contribution is 2.53. The molecule has 4 heteroatoms. The SMILES string of the molecule is CC(=O)Oc1ccc(S(C)(C)Cl)cc1. The van der Waals surface area contributed by atoms with Gasteiger partial charge in [0.15, 0.2) is 0 Å². The number of rotatable bonds is 2. The van der Waals surface area contributed by atoms with E-state index in [0.29, 0.717) is 5.75 Å². The Kier molecular flexibility index (Phi) is 3.45. The predicted molar refractivity (Wildman–Crippen MR) is 61.3 cm³/mol. The molecule has 0 heterocycles. The van der Waals surface area contributed by atoms with Gasteiger partial charge in [-0.2, -0.15) is 0 Å². The monoisotopic (exact) mass is 232 g/mol. The van der Waals surface area contributed by atoms with Crippen molar-refractivity contribution in [2.75, 3.05) is 12.5 Å². The number of carbonyl (C=O) groups excluding carboxylic acids is 1. The molecule has 0 atom stereocenters. The minimum absolute atomic E-state index is 0.310. The highest BCUT2D eigenvalue weighted by Gasteiger charge is 2.10. The van der Waals surface area contributed by atoms with Gasteiger partial charge >= 0.3 is 5.97 Å². The minimum Gasteiger partial charge on any atom is -0.427 e. The second-order valence-corrected chi connectivity index (χ2v) is 8.46. The maximum Gasteiger partial charge on any atom is 0.308 e. The molecule has 1 rings (SSSR count). The molecular weight excluding hydrogens is 220 g/mol. The van der Waals surface area contributed by atoms with Crippen LogP contribution in [0.15, 0.2) is 29.2 Å². The van der Waals surface area contributed by atoms with E-state index in [0.717, 1.165) is 4.90 Å². The first-order valence-corrected chi connectivity index (χ1v) is 7.38. The molecule has 0 aliphatic heterocycles. The third kappa shape index (κ3) is 3.24. The fourth-order valence-corrected chi connectivity index (χ4v) is 2.09. The summed E-state index contributed by atoms with van der Waals surface area (Å²) in [5.41, 5.74) is 0. The summed E-state index contributed by atoms with van der Waals surface area (Å²) in [6, 6.07) is 7.29. The fraction of sp³-hybridized carbons (Fsp3) is 0.300. The van der Waals surface area contributed by atoms with Crippen LogP contribution < -0.4 is 4.74 Å². The Bertz CT molecular complexity index is 327. The van der Waals surface area contributed by atoms with Gasteiger partial charge in [0.1, 0.15) is 5.75 Å². The molecule has 0 unspecified atom stereocenters. The van der Waals surface area contributed by atoms with Crippen LogP contribution in [-0.2, 0) is 4.79 Å². The second kappa shape index (κ2) is 4.24. The molecule has 2 nitrogen and oxygen atoms in total. The van der Waals surface area contributed by atoms with E-state index in [1.54, 1.807) is 12.1 Å². The third-order valence-electron chi connectivity index (χ3n) is 1.65. The van der Waals surface area contributed by atoms with Crippen molar-refractivity contribution in [1.29, 1.82) is 0 Å². The van der Waals surface area contributed by atoms with Gasteiger partial charge in [0.2, 0.25) is 0 Å². The molecular formula is C10H13ClO2S. The summed E-state index contributed by atoms with van der Waals surface area (Å²) in [6.07, 6.45) is 3.99. The Hall–Kier alpha value is -0.670. The van der Waals surface area contributed by atoms with Crippen LogP contribution in [0.25, 0.3) is 0 Å². The smallest absolute Gasteiger partial charge is 0.308 e. The van der Waals surface area contributed by atoms with Crippen LogP contribution in [0, 0.1) is 0 Å². The lowest BCUT2D eigenvalue weighted by Gasteiger charge is -2.22. The number of benzene rings is 1. The molecule has 0 N–H and O–H groups in total. The van der Waals surface area contributed by atoms with Crippen molar-refractivity contribution in [2.24, 2.45) is 0 Å². The molecule has 1 aromatic rings. The molecule has 14 heavy (non-hydrogen) atoms. The molecule has 0 spiro atoms. The van der Waals surface area contributed by atoms with Crippen molar-refractivity contribution in [3.63, 3.8) is 0 Å². The van der Waals surface area contributed by atoms with Crippen LogP contribution in [0.2, 0.25) is 0 Å². The van der Waals surface area contributed by atoms with Crippen LogP contribution in [-0.4, -0.2) is 18.5 Å². The largest absolute Gasteiger partial charge is 0.427 e. The summed E-state index contributed by atoms with van der Waals surface area (Å²) >= 11 is 0. The minimum atomic E-state index is -1.22. The standard InChI is InChI=1S/C10H13ClO2S/c1-8(12)13-9-4-6-10(7-5-9)14(2,3)11/h4-7H,1-3H3. The Morgan fingerprint density at radius 1 is 1.29 bits per heavy atom. The van der Waals surface area contributed by atoms with Gasteiger partial charge in [0.05, 0.1) is 0 Å². The van der Waals surface area contributed by atoms with Gasteiger partial charge in [-0.1, -0.05) is 10.7 Å². The summed E-state index contributed by atoms with van der Waals surface area (Å²) in [6.45, 7) is 1.38.